The summed E-state index contributed by atoms with van der Waals surface area (Å²) in [5.41, 5.74) is 1.41. The van der Waals surface area contributed by atoms with Gasteiger partial charge in [0.1, 0.15) is 5.75 Å². The maximum Gasteiger partial charge on any atom is 0.219 e. The molecule has 3 fully saturated rings. The summed E-state index contributed by atoms with van der Waals surface area (Å²) in [7, 11) is 3.99. The fourth-order valence-electron chi connectivity index (χ4n) is 5.44. The number of hydrogen-bond acceptors (Lipinski definition) is 4. The van der Waals surface area contributed by atoms with Crippen LogP contribution in [-0.4, -0.2) is 73.5 Å². The first-order valence-corrected chi connectivity index (χ1v) is 9.90. The Morgan fingerprint density at radius 3 is 2.25 bits per heavy atom. The molecule has 3 aliphatic heterocycles. The zero-order valence-electron chi connectivity index (χ0n) is 17.0. The van der Waals surface area contributed by atoms with Crippen LogP contribution in [0.1, 0.15) is 31.4 Å². The van der Waals surface area contributed by atoms with Crippen LogP contribution in [0.2, 0.25) is 0 Å². The predicted octanol–water partition coefficient (Wildman–Crippen LogP) is 3.08. The van der Waals surface area contributed by atoms with Crippen molar-refractivity contribution in [1.82, 2.24) is 14.7 Å². The van der Waals surface area contributed by atoms with Gasteiger partial charge in [-0.3, -0.25) is 14.6 Å². The molecule has 0 saturated carbocycles. The van der Waals surface area contributed by atoms with Crippen molar-refractivity contribution in [3.63, 3.8) is 0 Å². The molecule has 1 amide bonds. The quantitative estimate of drug-likeness (QED) is 0.739. The summed E-state index contributed by atoms with van der Waals surface area (Å²) in [4.78, 5) is 18.8. The number of fused-ring (bicyclic) bond motifs is 1. The fourth-order valence-corrected chi connectivity index (χ4v) is 5.44. The lowest BCUT2D eigenvalue weighted by Gasteiger charge is -2.37. The van der Waals surface area contributed by atoms with Crippen LogP contribution in [0.4, 0.5) is 0 Å². The largest absolute Gasteiger partial charge is 0.497 e. The topological polar surface area (TPSA) is 36.0 Å². The van der Waals surface area contributed by atoms with E-state index >= 15 is 0 Å². The zero-order chi connectivity index (χ0) is 18.3. The van der Waals surface area contributed by atoms with Gasteiger partial charge in [-0.15, -0.1) is 24.8 Å². The van der Waals surface area contributed by atoms with Crippen molar-refractivity contribution >= 4 is 30.7 Å². The Morgan fingerprint density at radius 1 is 1.04 bits per heavy atom. The van der Waals surface area contributed by atoms with Crippen molar-refractivity contribution in [3.8, 4) is 5.75 Å². The minimum atomic E-state index is 0. The molecule has 4 rings (SSSR count). The van der Waals surface area contributed by atoms with Crippen molar-refractivity contribution in [2.24, 2.45) is 11.8 Å². The molecule has 5 nitrogen and oxygen atoms in total. The third-order valence-electron chi connectivity index (χ3n) is 6.81. The van der Waals surface area contributed by atoms with E-state index in [1.54, 1.807) is 14.0 Å². The summed E-state index contributed by atoms with van der Waals surface area (Å²) in [6.07, 6.45) is 2.25. The molecule has 158 valence electrons. The minimum Gasteiger partial charge on any atom is -0.497 e. The third kappa shape index (κ3) is 4.43. The lowest BCUT2D eigenvalue weighted by molar-refractivity contribution is -0.130. The van der Waals surface area contributed by atoms with E-state index in [2.05, 4.69) is 41.1 Å². The normalized spacial score (nSPS) is 28.4. The highest BCUT2D eigenvalue weighted by Gasteiger charge is 2.47. The van der Waals surface area contributed by atoms with Crippen molar-refractivity contribution in [2.45, 2.75) is 31.8 Å². The number of amides is 1. The Labute approximate surface area is 181 Å². The van der Waals surface area contributed by atoms with Gasteiger partial charge in [0.2, 0.25) is 5.91 Å². The number of benzene rings is 1. The molecule has 0 radical (unpaired) electrons. The molecule has 0 N–H and O–H groups in total. The predicted molar refractivity (Wildman–Crippen MR) is 117 cm³/mol. The molecule has 1 aromatic carbocycles. The van der Waals surface area contributed by atoms with E-state index in [4.69, 9.17) is 4.74 Å². The molecule has 3 heterocycles. The van der Waals surface area contributed by atoms with Gasteiger partial charge in [-0.25, -0.2) is 0 Å². The van der Waals surface area contributed by atoms with Crippen LogP contribution >= 0.6 is 24.8 Å². The molecule has 0 unspecified atom stereocenters. The Bertz CT molecular complexity index is 650. The summed E-state index contributed by atoms with van der Waals surface area (Å²) in [6.45, 7) is 7.13. The van der Waals surface area contributed by atoms with Gasteiger partial charge in [0.05, 0.1) is 7.11 Å². The van der Waals surface area contributed by atoms with Crippen LogP contribution in [0.5, 0.6) is 5.75 Å². The van der Waals surface area contributed by atoms with Gasteiger partial charge < -0.3 is 9.64 Å². The summed E-state index contributed by atoms with van der Waals surface area (Å²) >= 11 is 0. The monoisotopic (exact) mass is 429 g/mol. The molecule has 28 heavy (non-hydrogen) atoms. The van der Waals surface area contributed by atoms with Gasteiger partial charge in [-0.1, -0.05) is 12.1 Å². The van der Waals surface area contributed by atoms with Crippen LogP contribution in [0.3, 0.4) is 0 Å². The minimum absolute atomic E-state index is 0. The molecular formula is C21H33Cl2N3O2. The number of ether oxygens (including phenoxy) is 1. The average Bonchev–Trinajstić information content (AvgIpc) is 3.18. The highest BCUT2D eigenvalue weighted by Crippen LogP contribution is 2.45. The maximum absolute atomic E-state index is 11.6. The van der Waals surface area contributed by atoms with Gasteiger partial charge in [-0.05, 0) is 49.4 Å². The number of carbonyl (C=O) groups excluding carboxylic acids is 1. The molecule has 0 aliphatic carbocycles. The van der Waals surface area contributed by atoms with Crippen LogP contribution in [0.25, 0.3) is 0 Å². The summed E-state index contributed by atoms with van der Waals surface area (Å²) in [5.74, 6) is 2.62. The first-order chi connectivity index (χ1) is 12.6. The number of likely N-dealkylation sites (tertiary alicyclic amines) is 3. The zero-order valence-corrected chi connectivity index (χ0v) is 18.7. The Hall–Kier alpha value is -1.01. The number of piperidine rings is 1. The third-order valence-corrected chi connectivity index (χ3v) is 6.81. The van der Waals surface area contributed by atoms with Crippen molar-refractivity contribution in [2.75, 3.05) is 46.9 Å². The van der Waals surface area contributed by atoms with Gasteiger partial charge >= 0.3 is 0 Å². The van der Waals surface area contributed by atoms with Gasteiger partial charge in [0.25, 0.3) is 0 Å². The molecule has 3 aliphatic rings. The smallest absolute Gasteiger partial charge is 0.219 e. The summed E-state index contributed by atoms with van der Waals surface area (Å²) in [6, 6.07) is 9.79. The molecule has 3 saturated heterocycles. The van der Waals surface area contributed by atoms with Crippen LogP contribution in [0, 0.1) is 11.8 Å². The van der Waals surface area contributed by atoms with E-state index in [-0.39, 0.29) is 30.7 Å². The lowest BCUT2D eigenvalue weighted by atomic mass is 9.89. The van der Waals surface area contributed by atoms with E-state index in [1.807, 2.05) is 4.90 Å². The second-order valence-corrected chi connectivity index (χ2v) is 8.27. The van der Waals surface area contributed by atoms with E-state index in [0.29, 0.717) is 18.0 Å². The average molecular weight is 430 g/mol. The summed E-state index contributed by atoms with van der Waals surface area (Å²) in [5, 5.41) is 0. The van der Waals surface area contributed by atoms with Gasteiger partial charge in [0, 0.05) is 51.7 Å². The second-order valence-electron chi connectivity index (χ2n) is 8.27. The highest BCUT2D eigenvalue weighted by molar-refractivity contribution is 5.85. The fraction of sp³-hybridized carbons (Fsp3) is 0.667. The first-order valence-electron chi connectivity index (χ1n) is 9.90. The Balaban J connectivity index is 0.00000140. The van der Waals surface area contributed by atoms with Crippen molar-refractivity contribution < 1.29 is 9.53 Å². The number of carbonyl (C=O) groups is 1. The van der Waals surface area contributed by atoms with E-state index in [9.17, 15) is 4.79 Å². The Kier molecular flexibility index (Phi) is 8.03. The number of hydrogen-bond donors (Lipinski definition) is 0. The van der Waals surface area contributed by atoms with Crippen LogP contribution in [0.15, 0.2) is 24.3 Å². The number of rotatable bonds is 3. The van der Waals surface area contributed by atoms with Gasteiger partial charge in [0.15, 0.2) is 0 Å². The molecular weight excluding hydrogens is 397 g/mol. The van der Waals surface area contributed by atoms with E-state index in [1.165, 1.54) is 25.2 Å². The number of nitrogens with zero attached hydrogens (tertiary/aromatic N) is 3. The van der Waals surface area contributed by atoms with Crippen molar-refractivity contribution in [3.05, 3.63) is 29.8 Å². The molecule has 7 heteroatoms. The van der Waals surface area contributed by atoms with Crippen LogP contribution < -0.4 is 4.74 Å². The molecule has 1 aromatic rings. The maximum atomic E-state index is 11.6. The SMILES string of the molecule is COc1ccc([C@H]2[C@@H]3CN(C4CCN(C(C)=O)CC4)C[C@@H]3CN2C)cc1.Cl.Cl. The van der Waals surface area contributed by atoms with E-state index < -0.39 is 0 Å². The molecule has 0 spiro atoms. The number of halogens is 2. The molecule has 0 bridgehead atoms. The number of methoxy groups -OCH3 is 1. The Morgan fingerprint density at radius 2 is 1.68 bits per heavy atom. The van der Waals surface area contributed by atoms with E-state index in [0.717, 1.165) is 37.6 Å². The molecule has 0 aromatic heterocycles. The van der Waals surface area contributed by atoms with Gasteiger partial charge in [-0.2, -0.15) is 0 Å². The lowest BCUT2D eigenvalue weighted by Crippen LogP contribution is -2.46. The highest BCUT2D eigenvalue weighted by atomic mass is 35.5. The van der Waals surface area contributed by atoms with Crippen LogP contribution in [-0.2, 0) is 4.79 Å². The molecule has 3 atom stereocenters. The summed E-state index contributed by atoms with van der Waals surface area (Å²) < 4.78 is 5.32. The second kappa shape index (κ2) is 9.66. The first kappa shape index (κ1) is 23.3. The van der Waals surface area contributed by atoms with Crippen molar-refractivity contribution in [1.29, 1.82) is 0 Å². The standard InChI is InChI=1S/C21H31N3O2.2ClH/c1-15(25)23-10-8-18(9-11-23)24-13-17-12-22(2)21(20(17)14-24)16-4-6-19(26-3)7-5-16;;/h4-7,17-18,20-21H,8-14H2,1-3H3;2*1H/t17-,20+,21-;;/m0../s1.